The van der Waals surface area contributed by atoms with Crippen LogP contribution in [0, 0.1) is 0 Å². The SMILES string of the molecule is SCCc1ncc(-c2ccc3nc[nH]c3c2)[nH]1. The van der Waals surface area contributed by atoms with Gasteiger partial charge in [-0.15, -0.1) is 0 Å². The summed E-state index contributed by atoms with van der Waals surface area (Å²) in [5.41, 5.74) is 4.15. The molecule has 17 heavy (non-hydrogen) atoms. The molecule has 3 rings (SSSR count). The van der Waals surface area contributed by atoms with Crippen LogP contribution in [-0.2, 0) is 6.42 Å². The third-order valence-corrected chi connectivity index (χ3v) is 2.93. The fraction of sp³-hybridized carbons (Fsp3) is 0.167. The second-order valence-electron chi connectivity index (χ2n) is 3.85. The molecule has 86 valence electrons. The zero-order chi connectivity index (χ0) is 11.7. The number of imidazole rings is 2. The number of aromatic nitrogens is 4. The van der Waals surface area contributed by atoms with E-state index in [4.69, 9.17) is 0 Å². The van der Waals surface area contributed by atoms with Crippen molar-refractivity contribution in [3.05, 3.63) is 36.5 Å². The van der Waals surface area contributed by atoms with Gasteiger partial charge in [0, 0.05) is 12.0 Å². The minimum Gasteiger partial charge on any atom is -0.345 e. The summed E-state index contributed by atoms with van der Waals surface area (Å²) in [7, 11) is 0. The lowest BCUT2D eigenvalue weighted by Crippen LogP contribution is -1.88. The standard InChI is InChI=1S/C12H12N4S/c17-4-3-12-13-6-11(16-12)8-1-2-9-10(5-8)15-7-14-9/h1-2,5-7,17H,3-4H2,(H,13,16)(H,14,15). The van der Waals surface area contributed by atoms with Gasteiger partial charge in [0.25, 0.3) is 0 Å². The average molecular weight is 244 g/mol. The van der Waals surface area contributed by atoms with Crippen molar-refractivity contribution in [2.45, 2.75) is 6.42 Å². The summed E-state index contributed by atoms with van der Waals surface area (Å²) in [6.07, 6.45) is 4.42. The van der Waals surface area contributed by atoms with Gasteiger partial charge >= 0.3 is 0 Å². The highest BCUT2D eigenvalue weighted by atomic mass is 32.1. The summed E-state index contributed by atoms with van der Waals surface area (Å²) < 4.78 is 0. The van der Waals surface area contributed by atoms with E-state index in [1.165, 1.54) is 0 Å². The Morgan fingerprint density at radius 2 is 2.18 bits per heavy atom. The molecule has 4 nitrogen and oxygen atoms in total. The molecule has 0 radical (unpaired) electrons. The Bertz CT molecular complexity index is 641. The predicted molar refractivity (Wildman–Crippen MR) is 71.2 cm³/mol. The van der Waals surface area contributed by atoms with Crippen LogP contribution in [0.4, 0.5) is 0 Å². The van der Waals surface area contributed by atoms with Crippen LogP contribution >= 0.6 is 12.6 Å². The Morgan fingerprint density at radius 3 is 3.06 bits per heavy atom. The Morgan fingerprint density at radius 1 is 1.24 bits per heavy atom. The summed E-state index contributed by atoms with van der Waals surface area (Å²) in [6, 6.07) is 6.11. The third-order valence-electron chi connectivity index (χ3n) is 2.71. The summed E-state index contributed by atoms with van der Waals surface area (Å²) in [4.78, 5) is 14.9. The molecule has 0 unspecified atom stereocenters. The molecule has 5 heteroatoms. The van der Waals surface area contributed by atoms with Gasteiger partial charge in [-0.05, 0) is 17.9 Å². The molecule has 2 heterocycles. The molecule has 0 atom stereocenters. The summed E-state index contributed by atoms with van der Waals surface area (Å²) in [6.45, 7) is 0. The van der Waals surface area contributed by atoms with E-state index in [9.17, 15) is 0 Å². The molecular formula is C12H12N4S. The highest BCUT2D eigenvalue weighted by molar-refractivity contribution is 7.80. The van der Waals surface area contributed by atoms with Crippen molar-refractivity contribution in [2.24, 2.45) is 0 Å². The maximum atomic E-state index is 4.32. The Hall–Kier alpha value is -1.75. The van der Waals surface area contributed by atoms with E-state index in [0.717, 1.165) is 40.3 Å². The van der Waals surface area contributed by atoms with Gasteiger partial charge in [-0.2, -0.15) is 12.6 Å². The van der Waals surface area contributed by atoms with Crippen LogP contribution in [-0.4, -0.2) is 25.7 Å². The smallest absolute Gasteiger partial charge is 0.107 e. The van der Waals surface area contributed by atoms with E-state index in [0.29, 0.717) is 0 Å². The highest BCUT2D eigenvalue weighted by Crippen LogP contribution is 2.21. The minimum absolute atomic E-state index is 0.798. The number of nitrogens with one attached hydrogen (secondary N) is 2. The van der Waals surface area contributed by atoms with Gasteiger partial charge < -0.3 is 9.97 Å². The molecule has 2 aromatic heterocycles. The molecular weight excluding hydrogens is 232 g/mol. The first-order valence-corrected chi connectivity index (χ1v) is 6.08. The molecule has 0 aliphatic rings. The lowest BCUT2D eigenvalue weighted by atomic mass is 10.1. The van der Waals surface area contributed by atoms with Gasteiger partial charge in [0.1, 0.15) is 5.82 Å². The number of nitrogens with zero attached hydrogens (tertiary/aromatic N) is 2. The van der Waals surface area contributed by atoms with E-state index in [2.05, 4.69) is 38.6 Å². The first-order valence-electron chi connectivity index (χ1n) is 5.45. The Balaban J connectivity index is 2.00. The minimum atomic E-state index is 0.798. The first kappa shape index (κ1) is 10.4. The molecule has 0 amide bonds. The van der Waals surface area contributed by atoms with Crippen LogP contribution in [0.2, 0.25) is 0 Å². The molecule has 3 aromatic rings. The lowest BCUT2D eigenvalue weighted by molar-refractivity contribution is 1.00. The van der Waals surface area contributed by atoms with Crippen LogP contribution in [0.5, 0.6) is 0 Å². The van der Waals surface area contributed by atoms with Crippen molar-refractivity contribution in [3.63, 3.8) is 0 Å². The summed E-state index contributed by atoms with van der Waals surface area (Å²) in [5, 5.41) is 0. The van der Waals surface area contributed by atoms with Crippen LogP contribution in [0.3, 0.4) is 0 Å². The monoisotopic (exact) mass is 244 g/mol. The van der Waals surface area contributed by atoms with Crippen LogP contribution in [0.25, 0.3) is 22.3 Å². The largest absolute Gasteiger partial charge is 0.345 e. The average Bonchev–Trinajstić information content (AvgIpc) is 2.96. The van der Waals surface area contributed by atoms with E-state index in [-0.39, 0.29) is 0 Å². The number of thiol groups is 1. The third kappa shape index (κ3) is 1.93. The van der Waals surface area contributed by atoms with E-state index in [1.807, 2.05) is 18.3 Å². The number of H-pyrrole nitrogens is 2. The molecule has 2 N–H and O–H groups in total. The second kappa shape index (κ2) is 4.25. The van der Waals surface area contributed by atoms with Crippen LogP contribution in [0.1, 0.15) is 5.82 Å². The van der Waals surface area contributed by atoms with Crippen molar-refractivity contribution in [1.29, 1.82) is 0 Å². The number of hydrogen-bond donors (Lipinski definition) is 3. The fourth-order valence-electron chi connectivity index (χ4n) is 1.85. The number of benzene rings is 1. The second-order valence-corrected chi connectivity index (χ2v) is 4.30. The van der Waals surface area contributed by atoms with E-state index < -0.39 is 0 Å². The zero-order valence-electron chi connectivity index (χ0n) is 9.14. The van der Waals surface area contributed by atoms with E-state index in [1.54, 1.807) is 6.33 Å². The number of rotatable bonds is 3. The molecule has 0 fully saturated rings. The van der Waals surface area contributed by atoms with Crippen LogP contribution < -0.4 is 0 Å². The summed E-state index contributed by atoms with van der Waals surface area (Å²) in [5.74, 6) is 1.77. The van der Waals surface area contributed by atoms with Gasteiger partial charge in [0.2, 0.25) is 0 Å². The van der Waals surface area contributed by atoms with Gasteiger partial charge in [-0.1, -0.05) is 6.07 Å². The molecule has 0 saturated heterocycles. The molecule has 0 spiro atoms. The number of fused-ring (bicyclic) bond motifs is 1. The lowest BCUT2D eigenvalue weighted by Gasteiger charge is -1.97. The van der Waals surface area contributed by atoms with Gasteiger partial charge in [0.15, 0.2) is 0 Å². The van der Waals surface area contributed by atoms with Gasteiger partial charge in [-0.3, -0.25) is 0 Å². The molecule has 0 saturated carbocycles. The molecule has 0 bridgehead atoms. The number of aryl methyl sites for hydroxylation is 1. The van der Waals surface area contributed by atoms with Crippen molar-refractivity contribution in [1.82, 2.24) is 19.9 Å². The molecule has 0 aliphatic carbocycles. The van der Waals surface area contributed by atoms with Gasteiger partial charge in [0.05, 0.1) is 29.3 Å². The number of aromatic amines is 2. The maximum absolute atomic E-state index is 4.32. The molecule has 1 aromatic carbocycles. The first-order chi connectivity index (χ1) is 8.36. The maximum Gasteiger partial charge on any atom is 0.107 e. The fourth-order valence-corrected chi connectivity index (χ4v) is 2.06. The van der Waals surface area contributed by atoms with Crippen molar-refractivity contribution >= 4 is 23.7 Å². The Kier molecular flexibility index (Phi) is 2.60. The van der Waals surface area contributed by atoms with Crippen molar-refractivity contribution in [3.8, 4) is 11.3 Å². The Labute approximate surface area is 104 Å². The summed E-state index contributed by atoms with van der Waals surface area (Å²) >= 11 is 4.20. The van der Waals surface area contributed by atoms with Crippen LogP contribution in [0.15, 0.2) is 30.7 Å². The van der Waals surface area contributed by atoms with Gasteiger partial charge in [-0.25, -0.2) is 9.97 Å². The zero-order valence-corrected chi connectivity index (χ0v) is 10.0. The topological polar surface area (TPSA) is 57.4 Å². The normalized spacial score (nSPS) is 11.1. The predicted octanol–water partition coefficient (Wildman–Crippen LogP) is 2.43. The van der Waals surface area contributed by atoms with Crippen molar-refractivity contribution in [2.75, 3.05) is 5.75 Å². The highest BCUT2D eigenvalue weighted by Gasteiger charge is 2.04. The molecule has 0 aliphatic heterocycles. The number of hydrogen-bond acceptors (Lipinski definition) is 3. The quantitative estimate of drug-likeness (QED) is 0.620. The van der Waals surface area contributed by atoms with E-state index >= 15 is 0 Å². The van der Waals surface area contributed by atoms with Crippen molar-refractivity contribution < 1.29 is 0 Å².